The Balaban J connectivity index is 2.53. The highest BCUT2D eigenvalue weighted by Gasteiger charge is 2.42. The number of hydrogen-bond acceptors (Lipinski definition) is 5. The van der Waals surface area contributed by atoms with E-state index in [9.17, 15) is 24.6 Å². The maximum Gasteiger partial charge on any atom is 0.290 e. The minimum Gasteiger partial charge on any atom is -0.548 e. The van der Waals surface area contributed by atoms with Gasteiger partial charge in [0.1, 0.15) is 0 Å². The number of Topliss-reactive ketones (excluding diaryl/α,β-unsaturated/α-hetero) is 1. The lowest BCUT2D eigenvalue weighted by atomic mass is 9.97. The fraction of sp³-hybridized carbons (Fsp3) is 0.214. The van der Waals surface area contributed by atoms with Gasteiger partial charge in [-0.3, -0.25) is 9.59 Å². The SMILES string of the molecule is CC(=O)C1=C(O)C(=O)N(CC(=O)[O-])[C@H]1c1ccc(Br)cc1. The molecule has 0 spiro atoms. The highest BCUT2D eigenvalue weighted by molar-refractivity contribution is 9.10. The second kappa shape index (κ2) is 5.69. The van der Waals surface area contributed by atoms with E-state index in [1.165, 1.54) is 6.92 Å². The number of carbonyl (C=O) groups excluding carboxylic acids is 3. The molecule has 0 radical (unpaired) electrons. The lowest BCUT2D eigenvalue weighted by molar-refractivity contribution is -0.306. The highest BCUT2D eigenvalue weighted by Crippen LogP contribution is 2.37. The van der Waals surface area contributed by atoms with Gasteiger partial charge < -0.3 is 19.9 Å². The molecule has 1 aliphatic rings. The molecule has 1 heterocycles. The average molecular weight is 353 g/mol. The van der Waals surface area contributed by atoms with E-state index in [4.69, 9.17) is 0 Å². The zero-order valence-electron chi connectivity index (χ0n) is 11.0. The van der Waals surface area contributed by atoms with Crippen LogP contribution >= 0.6 is 15.9 Å². The van der Waals surface area contributed by atoms with Crippen molar-refractivity contribution >= 4 is 33.6 Å². The number of aliphatic hydroxyl groups excluding tert-OH is 1. The van der Waals surface area contributed by atoms with Crippen molar-refractivity contribution in [2.45, 2.75) is 13.0 Å². The van der Waals surface area contributed by atoms with E-state index in [-0.39, 0.29) is 5.57 Å². The first-order valence-electron chi connectivity index (χ1n) is 6.03. The fourth-order valence-corrected chi connectivity index (χ4v) is 2.57. The number of aliphatic hydroxyl groups is 1. The van der Waals surface area contributed by atoms with Crippen LogP contribution in [0.5, 0.6) is 0 Å². The van der Waals surface area contributed by atoms with Crippen molar-refractivity contribution in [2.24, 2.45) is 0 Å². The van der Waals surface area contributed by atoms with Crippen LogP contribution < -0.4 is 5.11 Å². The molecular weight excluding hydrogens is 342 g/mol. The number of carbonyl (C=O) groups is 3. The normalized spacial score (nSPS) is 18.3. The second-order valence-corrected chi connectivity index (χ2v) is 5.49. The Morgan fingerprint density at radius 3 is 2.38 bits per heavy atom. The first-order chi connectivity index (χ1) is 9.82. The van der Waals surface area contributed by atoms with E-state index in [1.54, 1.807) is 24.3 Å². The lowest BCUT2D eigenvalue weighted by Crippen LogP contribution is -2.41. The third kappa shape index (κ3) is 2.82. The molecule has 1 aromatic rings. The van der Waals surface area contributed by atoms with Crippen LogP contribution in [-0.4, -0.2) is 34.2 Å². The number of carboxylic acids is 1. The Bertz CT molecular complexity index is 650. The van der Waals surface area contributed by atoms with Crippen LogP contribution in [0.3, 0.4) is 0 Å². The molecule has 7 heteroatoms. The van der Waals surface area contributed by atoms with E-state index < -0.39 is 36.0 Å². The predicted octanol–water partition coefficient (Wildman–Crippen LogP) is 0.483. The van der Waals surface area contributed by atoms with Crippen molar-refractivity contribution in [3.63, 3.8) is 0 Å². The Morgan fingerprint density at radius 2 is 1.90 bits per heavy atom. The smallest absolute Gasteiger partial charge is 0.290 e. The molecule has 2 rings (SSSR count). The number of ketones is 1. The van der Waals surface area contributed by atoms with Crippen molar-refractivity contribution in [2.75, 3.05) is 6.54 Å². The van der Waals surface area contributed by atoms with Crippen molar-refractivity contribution in [1.29, 1.82) is 0 Å². The zero-order valence-corrected chi connectivity index (χ0v) is 12.6. The van der Waals surface area contributed by atoms with Crippen molar-refractivity contribution in [1.82, 2.24) is 4.90 Å². The molecule has 1 aliphatic heterocycles. The molecule has 21 heavy (non-hydrogen) atoms. The maximum absolute atomic E-state index is 12.0. The molecule has 1 amide bonds. The predicted molar refractivity (Wildman–Crippen MR) is 73.9 cm³/mol. The van der Waals surface area contributed by atoms with Crippen molar-refractivity contribution in [3.8, 4) is 0 Å². The number of rotatable bonds is 4. The summed E-state index contributed by atoms with van der Waals surface area (Å²) in [5.74, 6) is -3.56. The molecule has 1 atom stereocenters. The molecule has 0 saturated carbocycles. The average Bonchev–Trinajstić information content (AvgIpc) is 2.64. The summed E-state index contributed by atoms with van der Waals surface area (Å²) in [5.41, 5.74) is 0.422. The van der Waals surface area contributed by atoms with Crippen LogP contribution in [0.25, 0.3) is 0 Å². The van der Waals surface area contributed by atoms with Gasteiger partial charge in [0.2, 0.25) is 0 Å². The van der Waals surface area contributed by atoms with E-state index >= 15 is 0 Å². The van der Waals surface area contributed by atoms with Crippen LogP contribution in [0.2, 0.25) is 0 Å². The Morgan fingerprint density at radius 1 is 1.33 bits per heavy atom. The topological polar surface area (TPSA) is 97.7 Å². The molecular formula is C14H11BrNO5-. The van der Waals surface area contributed by atoms with E-state index in [2.05, 4.69) is 15.9 Å². The first-order valence-corrected chi connectivity index (χ1v) is 6.82. The van der Waals surface area contributed by atoms with E-state index in [1.807, 2.05) is 0 Å². The van der Waals surface area contributed by atoms with Gasteiger partial charge in [-0.1, -0.05) is 28.1 Å². The second-order valence-electron chi connectivity index (χ2n) is 4.58. The van der Waals surface area contributed by atoms with Gasteiger partial charge in [-0.25, -0.2) is 0 Å². The lowest BCUT2D eigenvalue weighted by Gasteiger charge is -2.26. The first kappa shape index (κ1) is 15.2. The Kier molecular flexibility index (Phi) is 4.13. The van der Waals surface area contributed by atoms with Crippen molar-refractivity contribution < 1.29 is 24.6 Å². The van der Waals surface area contributed by atoms with Gasteiger partial charge in [-0.2, -0.15) is 0 Å². The summed E-state index contributed by atoms with van der Waals surface area (Å²) in [6.45, 7) is 0.508. The Hall–Kier alpha value is -2.15. The summed E-state index contributed by atoms with van der Waals surface area (Å²) in [7, 11) is 0. The van der Waals surface area contributed by atoms with Gasteiger partial charge in [-0.05, 0) is 24.6 Å². The summed E-state index contributed by atoms with van der Waals surface area (Å²) in [6, 6.07) is 5.76. The fourth-order valence-electron chi connectivity index (χ4n) is 2.31. The number of carboxylic acid groups (broad SMARTS) is 1. The summed E-state index contributed by atoms with van der Waals surface area (Å²) in [6.07, 6.45) is 0. The van der Waals surface area contributed by atoms with Crippen LogP contribution in [0.1, 0.15) is 18.5 Å². The zero-order chi connectivity index (χ0) is 15.7. The van der Waals surface area contributed by atoms with Crippen LogP contribution in [-0.2, 0) is 14.4 Å². The van der Waals surface area contributed by atoms with Gasteiger partial charge >= 0.3 is 0 Å². The third-order valence-electron chi connectivity index (χ3n) is 3.17. The van der Waals surface area contributed by atoms with Gasteiger partial charge in [0.05, 0.1) is 24.1 Å². The van der Waals surface area contributed by atoms with E-state index in [0.717, 1.165) is 9.37 Å². The molecule has 0 saturated heterocycles. The van der Waals surface area contributed by atoms with Gasteiger partial charge in [0.15, 0.2) is 11.5 Å². The van der Waals surface area contributed by atoms with Gasteiger partial charge in [0.25, 0.3) is 5.91 Å². The molecule has 0 unspecified atom stereocenters. The molecule has 0 aliphatic carbocycles. The largest absolute Gasteiger partial charge is 0.548 e. The number of amides is 1. The van der Waals surface area contributed by atoms with Crippen molar-refractivity contribution in [3.05, 3.63) is 45.6 Å². The van der Waals surface area contributed by atoms with Gasteiger partial charge in [-0.15, -0.1) is 0 Å². The number of halogens is 1. The number of benzene rings is 1. The van der Waals surface area contributed by atoms with Crippen LogP contribution in [0.15, 0.2) is 40.1 Å². The molecule has 110 valence electrons. The third-order valence-corrected chi connectivity index (χ3v) is 3.70. The summed E-state index contributed by atoms with van der Waals surface area (Å²) in [4.78, 5) is 35.4. The summed E-state index contributed by atoms with van der Waals surface area (Å²) in [5, 5.41) is 20.7. The van der Waals surface area contributed by atoms with Gasteiger partial charge in [0, 0.05) is 4.47 Å². The van der Waals surface area contributed by atoms with Crippen LogP contribution in [0.4, 0.5) is 0 Å². The molecule has 0 fully saturated rings. The van der Waals surface area contributed by atoms with Crippen LogP contribution in [0, 0.1) is 0 Å². The molecule has 6 nitrogen and oxygen atoms in total. The number of aliphatic carboxylic acids is 1. The van der Waals surface area contributed by atoms with E-state index in [0.29, 0.717) is 5.56 Å². The molecule has 1 N–H and O–H groups in total. The molecule has 1 aromatic carbocycles. The minimum atomic E-state index is -1.47. The Labute approximate surface area is 128 Å². The number of nitrogens with zero attached hydrogens (tertiary/aromatic N) is 1. The quantitative estimate of drug-likeness (QED) is 0.849. The highest BCUT2D eigenvalue weighted by atomic mass is 79.9. The molecule has 0 aromatic heterocycles. The molecule has 0 bridgehead atoms. The summed E-state index contributed by atoms with van der Waals surface area (Å²) < 4.78 is 0.791. The summed E-state index contributed by atoms with van der Waals surface area (Å²) >= 11 is 3.26. The maximum atomic E-state index is 12.0. The number of hydrogen-bond donors (Lipinski definition) is 1. The monoisotopic (exact) mass is 352 g/mol. The minimum absolute atomic E-state index is 0.108. The standard InChI is InChI=1S/C14H12BrNO5/c1-7(17)11-12(8-2-4-9(15)5-3-8)16(6-10(18)19)14(21)13(11)20/h2-5,12,20H,6H2,1H3,(H,18,19)/p-1/t12-/m0/s1.